The zero-order valence-electron chi connectivity index (χ0n) is 11.6. The molecule has 3 fully saturated rings. The van der Waals surface area contributed by atoms with E-state index in [0.29, 0.717) is 12.0 Å². The van der Waals surface area contributed by atoms with Crippen molar-refractivity contribution in [2.24, 2.45) is 5.92 Å². The van der Waals surface area contributed by atoms with E-state index in [-0.39, 0.29) is 0 Å². The van der Waals surface area contributed by atoms with Gasteiger partial charge >= 0.3 is 0 Å². The summed E-state index contributed by atoms with van der Waals surface area (Å²) in [5.74, 6) is 0.685. The van der Waals surface area contributed by atoms with Crippen LogP contribution in [0.3, 0.4) is 0 Å². The Morgan fingerprint density at radius 3 is 3.00 bits per heavy atom. The smallest absolute Gasteiger partial charge is 0.0623 e. The molecule has 0 spiro atoms. The molecule has 4 nitrogen and oxygen atoms in total. The normalized spacial score (nSPS) is 38.8. The van der Waals surface area contributed by atoms with Gasteiger partial charge in [-0.15, -0.1) is 0 Å². The SMILES string of the molecule is CNC1COCC1CN1CCN2CCCCC2C1. The van der Waals surface area contributed by atoms with E-state index in [1.54, 1.807) is 0 Å². The lowest BCUT2D eigenvalue weighted by Crippen LogP contribution is -2.56. The minimum atomic E-state index is 0.564. The molecular weight excluding hydrogens is 226 g/mol. The van der Waals surface area contributed by atoms with Gasteiger partial charge < -0.3 is 15.0 Å². The van der Waals surface area contributed by atoms with Gasteiger partial charge in [0.15, 0.2) is 0 Å². The fraction of sp³-hybridized carbons (Fsp3) is 1.00. The van der Waals surface area contributed by atoms with Crippen LogP contribution in [0, 0.1) is 5.92 Å². The molecule has 1 N–H and O–H groups in total. The molecule has 3 atom stereocenters. The van der Waals surface area contributed by atoms with Crippen LogP contribution in [0.4, 0.5) is 0 Å². The van der Waals surface area contributed by atoms with E-state index in [0.717, 1.165) is 19.3 Å². The van der Waals surface area contributed by atoms with Crippen LogP contribution >= 0.6 is 0 Å². The van der Waals surface area contributed by atoms with Gasteiger partial charge in [-0.2, -0.15) is 0 Å². The van der Waals surface area contributed by atoms with E-state index in [9.17, 15) is 0 Å². The Balaban J connectivity index is 1.51. The molecule has 0 radical (unpaired) electrons. The first-order chi connectivity index (χ1) is 8.86. The number of hydrogen-bond acceptors (Lipinski definition) is 4. The standard InChI is InChI=1S/C14H27N3O/c1-15-14-11-18-10-12(14)8-16-6-7-17-5-3-2-4-13(17)9-16/h12-15H,2-11H2,1H3. The fourth-order valence-electron chi connectivity index (χ4n) is 3.82. The zero-order valence-corrected chi connectivity index (χ0v) is 11.6. The van der Waals surface area contributed by atoms with Crippen molar-refractivity contribution in [2.45, 2.75) is 31.3 Å². The number of piperidine rings is 1. The quantitative estimate of drug-likeness (QED) is 0.787. The molecule has 0 amide bonds. The highest BCUT2D eigenvalue weighted by Crippen LogP contribution is 2.23. The predicted octanol–water partition coefficient (Wildman–Crippen LogP) is 0.391. The second-order valence-corrected chi connectivity index (χ2v) is 6.14. The van der Waals surface area contributed by atoms with E-state index >= 15 is 0 Å². The second kappa shape index (κ2) is 5.87. The zero-order chi connectivity index (χ0) is 12.4. The van der Waals surface area contributed by atoms with Crippen molar-refractivity contribution in [3.63, 3.8) is 0 Å². The van der Waals surface area contributed by atoms with Crippen LogP contribution in [0.2, 0.25) is 0 Å². The Kier molecular flexibility index (Phi) is 4.19. The Morgan fingerprint density at radius 2 is 2.11 bits per heavy atom. The topological polar surface area (TPSA) is 27.7 Å². The summed E-state index contributed by atoms with van der Waals surface area (Å²) in [6, 6.07) is 1.40. The van der Waals surface area contributed by atoms with Gasteiger partial charge in [0.2, 0.25) is 0 Å². The summed E-state index contributed by atoms with van der Waals surface area (Å²) >= 11 is 0. The number of fused-ring (bicyclic) bond motifs is 1. The summed E-state index contributed by atoms with van der Waals surface area (Å²) in [7, 11) is 2.06. The van der Waals surface area contributed by atoms with Gasteiger partial charge in [0.05, 0.1) is 13.2 Å². The molecule has 3 unspecified atom stereocenters. The lowest BCUT2D eigenvalue weighted by molar-refractivity contribution is 0.0394. The largest absolute Gasteiger partial charge is 0.379 e. The van der Waals surface area contributed by atoms with Crippen LogP contribution in [0.25, 0.3) is 0 Å². The minimum absolute atomic E-state index is 0.564. The molecule has 0 aromatic heterocycles. The van der Waals surface area contributed by atoms with Gasteiger partial charge in [0.25, 0.3) is 0 Å². The van der Waals surface area contributed by atoms with Gasteiger partial charge in [-0.25, -0.2) is 0 Å². The van der Waals surface area contributed by atoms with Crippen molar-refractivity contribution in [1.29, 1.82) is 0 Å². The molecule has 3 aliphatic rings. The summed E-state index contributed by atoms with van der Waals surface area (Å²) in [6.45, 7) is 8.21. The van der Waals surface area contributed by atoms with Crippen LogP contribution in [0.15, 0.2) is 0 Å². The molecule has 3 saturated heterocycles. The summed E-state index contributed by atoms with van der Waals surface area (Å²) < 4.78 is 5.61. The third kappa shape index (κ3) is 2.72. The molecule has 4 heteroatoms. The van der Waals surface area contributed by atoms with Gasteiger partial charge in [0.1, 0.15) is 0 Å². The fourth-order valence-corrected chi connectivity index (χ4v) is 3.82. The van der Waals surface area contributed by atoms with E-state index in [1.807, 2.05) is 0 Å². The van der Waals surface area contributed by atoms with Crippen LogP contribution in [-0.4, -0.2) is 74.9 Å². The van der Waals surface area contributed by atoms with Crippen molar-refractivity contribution >= 4 is 0 Å². The van der Waals surface area contributed by atoms with Gasteiger partial charge in [-0.3, -0.25) is 4.90 Å². The molecule has 3 heterocycles. The van der Waals surface area contributed by atoms with Crippen LogP contribution in [0.5, 0.6) is 0 Å². The summed E-state index contributed by atoms with van der Waals surface area (Å²) in [5.41, 5.74) is 0. The lowest BCUT2D eigenvalue weighted by atomic mass is 9.97. The number of likely N-dealkylation sites (N-methyl/N-ethyl adjacent to an activating group) is 1. The van der Waals surface area contributed by atoms with E-state index in [2.05, 4.69) is 22.2 Å². The molecular formula is C14H27N3O. The van der Waals surface area contributed by atoms with Gasteiger partial charge in [0, 0.05) is 44.2 Å². The Hall–Kier alpha value is -0.160. The van der Waals surface area contributed by atoms with Crippen molar-refractivity contribution in [3.05, 3.63) is 0 Å². The van der Waals surface area contributed by atoms with Crippen molar-refractivity contribution < 1.29 is 4.74 Å². The average molecular weight is 253 g/mol. The first kappa shape index (κ1) is 12.9. The van der Waals surface area contributed by atoms with E-state index in [4.69, 9.17) is 4.74 Å². The van der Waals surface area contributed by atoms with Gasteiger partial charge in [-0.05, 0) is 26.4 Å². The van der Waals surface area contributed by atoms with E-state index < -0.39 is 0 Å². The molecule has 18 heavy (non-hydrogen) atoms. The predicted molar refractivity (Wildman–Crippen MR) is 72.8 cm³/mol. The number of hydrogen-bond donors (Lipinski definition) is 1. The Labute approximate surface area is 111 Å². The minimum Gasteiger partial charge on any atom is -0.379 e. The maximum Gasteiger partial charge on any atom is 0.0623 e. The second-order valence-electron chi connectivity index (χ2n) is 6.14. The summed E-state index contributed by atoms with van der Waals surface area (Å²) in [4.78, 5) is 5.39. The molecule has 0 bridgehead atoms. The number of rotatable bonds is 3. The highest BCUT2D eigenvalue weighted by atomic mass is 16.5. The van der Waals surface area contributed by atoms with Crippen LogP contribution in [-0.2, 0) is 4.74 Å². The lowest BCUT2D eigenvalue weighted by Gasteiger charge is -2.44. The summed E-state index contributed by atoms with van der Waals surface area (Å²) in [6.07, 6.45) is 4.25. The van der Waals surface area contributed by atoms with Crippen LogP contribution < -0.4 is 5.32 Å². The van der Waals surface area contributed by atoms with Crippen LogP contribution in [0.1, 0.15) is 19.3 Å². The van der Waals surface area contributed by atoms with Crippen molar-refractivity contribution in [1.82, 2.24) is 15.1 Å². The molecule has 0 aromatic carbocycles. The highest BCUT2D eigenvalue weighted by Gasteiger charge is 2.33. The maximum atomic E-state index is 5.61. The number of nitrogens with one attached hydrogen (secondary N) is 1. The highest BCUT2D eigenvalue weighted by molar-refractivity contribution is 4.88. The molecule has 0 aromatic rings. The maximum absolute atomic E-state index is 5.61. The number of nitrogens with zero attached hydrogens (tertiary/aromatic N) is 2. The Morgan fingerprint density at radius 1 is 1.17 bits per heavy atom. The average Bonchev–Trinajstić information content (AvgIpc) is 2.86. The first-order valence-electron chi connectivity index (χ1n) is 7.58. The molecule has 0 aliphatic carbocycles. The Bertz CT molecular complexity index is 274. The molecule has 3 rings (SSSR count). The first-order valence-corrected chi connectivity index (χ1v) is 7.58. The molecule has 3 aliphatic heterocycles. The monoisotopic (exact) mass is 253 g/mol. The number of ether oxygens (including phenoxy) is 1. The third-order valence-electron chi connectivity index (χ3n) is 4.98. The van der Waals surface area contributed by atoms with Crippen molar-refractivity contribution in [2.75, 3.05) is 53.0 Å². The third-order valence-corrected chi connectivity index (χ3v) is 4.98. The van der Waals surface area contributed by atoms with Crippen molar-refractivity contribution in [3.8, 4) is 0 Å². The molecule has 0 saturated carbocycles. The van der Waals surface area contributed by atoms with E-state index in [1.165, 1.54) is 52.0 Å². The number of piperazine rings is 1. The summed E-state index contributed by atoms with van der Waals surface area (Å²) in [5, 5.41) is 3.40. The molecule has 104 valence electrons. The van der Waals surface area contributed by atoms with Gasteiger partial charge in [-0.1, -0.05) is 6.42 Å².